The van der Waals surface area contributed by atoms with Gasteiger partial charge in [0.1, 0.15) is 23.7 Å². The van der Waals surface area contributed by atoms with E-state index >= 15 is 0 Å². The van der Waals surface area contributed by atoms with Crippen LogP contribution in [-0.4, -0.2) is 102 Å². The largest absolute Gasteiger partial charge is 0.455 e. The minimum absolute atomic E-state index is 0.0827. The van der Waals surface area contributed by atoms with E-state index < -0.39 is 59.6 Å². The number of carbonyl (C=O) groups excluding carboxylic acids is 4. The molecule has 2 N–H and O–H groups in total. The number of cyclic esters (lactones) is 1. The number of fused-ring (bicyclic) bond motifs is 2. The van der Waals surface area contributed by atoms with Crippen molar-refractivity contribution in [2.24, 2.45) is 17.8 Å². The summed E-state index contributed by atoms with van der Waals surface area (Å²) in [6.07, 6.45) is 8.09. The molecule has 4 aliphatic heterocycles. The molecule has 0 bridgehead atoms. The van der Waals surface area contributed by atoms with Gasteiger partial charge in [0.2, 0.25) is 17.7 Å². The van der Waals surface area contributed by atoms with Crippen LogP contribution in [0.3, 0.4) is 0 Å². The fraction of sp³-hybridized carbons (Fsp3) is 0.611. The zero-order chi connectivity index (χ0) is 33.7. The average Bonchev–Trinajstić information content (AvgIpc) is 3.44. The van der Waals surface area contributed by atoms with Crippen LogP contribution in [-0.2, 0) is 33.4 Å². The molecule has 0 aromatic heterocycles. The molecule has 8 atom stereocenters. The summed E-state index contributed by atoms with van der Waals surface area (Å²) >= 11 is 0. The Hall–Kier alpha value is -3.54. The molecule has 2 saturated heterocycles. The van der Waals surface area contributed by atoms with Gasteiger partial charge in [0.25, 0.3) is 0 Å². The Balaban J connectivity index is 1.62. The number of esters is 1. The van der Waals surface area contributed by atoms with Crippen molar-refractivity contribution in [3.8, 4) is 0 Å². The number of hydrogen-bond acceptors (Lipinski definition) is 8. The van der Waals surface area contributed by atoms with Crippen molar-refractivity contribution in [1.29, 1.82) is 0 Å². The number of nitrogens with zero attached hydrogens (tertiary/aromatic N) is 2. The molecule has 0 saturated carbocycles. The summed E-state index contributed by atoms with van der Waals surface area (Å²) in [6.45, 7) is 6.68. The van der Waals surface area contributed by atoms with Crippen LogP contribution in [0.5, 0.6) is 0 Å². The fourth-order valence-corrected chi connectivity index (χ4v) is 7.64. The summed E-state index contributed by atoms with van der Waals surface area (Å²) in [6, 6.07) is 6.72. The first kappa shape index (κ1) is 34.8. The lowest BCUT2D eigenvalue weighted by Crippen LogP contribution is -2.58. The Bertz CT molecular complexity index is 1350. The number of allylic oxidation sites excluding steroid dienone is 1. The molecule has 11 nitrogen and oxygen atoms in total. The fourth-order valence-electron chi connectivity index (χ4n) is 7.64. The second-order valence-corrected chi connectivity index (χ2v) is 13.5. The smallest absolute Gasteiger partial charge is 0.313 e. The van der Waals surface area contributed by atoms with Crippen LogP contribution in [0.2, 0.25) is 0 Å². The van der Waals surface area contributed by atoms with E-state index in [4.69, 9.17) is 14.2 Å². The third kappa shape index (κ3) is 6.89. The van der Waals surface area contributed by atoms with E-state index in [1.807, 2.05) is 50.3 Å². The number of amides is 3. The molecule has 0 unspecified atom stereocenters. The molecule has 4 heterocycles. The predicted octanol–water partition coefficient (Wildman–Crippen LogP) is 2.94. The molecule has 3 amide bonds. The van der Waals surface area contributed by atoms with E-state index in [1.165, 1.54) is 12.0 Å². The van der Waals surface area contributed by atoms with Crippen LogP contribution in [0.15, 0.2) is 54.6 Å². The Kier molecular flexibility index (Phi) is 11.2. The molecular formula is C36H49N3O8. The van der Waals surface area contributed by atoms with E-state index in [9.17, 15) is 24.3 Å². The number of unbranched alkanes of at least 4 members (excludes halogenated alkanes) is 1. The number of benzene rings is 1. The first-order chi connectivity index (χ1) is 22.7. The van der Waals surface area contributed by atoms with Gasteiger partial charge in [0, 0.05) is 26.6 Å². The maximum absolute atomic E-state index is 14.8. The highest BCUT2D eigenvalue weighted by molar-refractivity contribution is 5.99. The summed E-state index contributed by atoms with van der Waals surface area (Å²) in [5, 5.41) is 13.6. The zero-order valence-electron chi connectivity index (χ0n) is 27.9. The molecule has 1 aromatic carbocycles. The van der Waals surface area contributed by atoms with E-state index in [-0.39, 0.29) is 37.4 Å². The lowest BCUT2D eigenvalue weighted by Gasteiger charge is -2.39. The quantitative estimate of drug-likeness (QED) is 0.292. The lowest BCUT2D eigenvalue weighted by atomic mass is 9.77. The van der Waals surface area contributed by atoms with Gasteiger partial charge in [-0.3, -0.25) is 19.2 Å². The molecule has 1 spiro atoms. The summed E-state index contributed by atoms with van der Waals surface area (Å²) < 4.78 is 18.6. The van der Waals surface area contributed by atoms with Gasteiger partial charge in [-0.15, -0.1) is 0 Å². The number of aliphatic hydroxyl groups excluding tert-OH is 1. The summed E-state index contributed by atoms with van der Waals surface area (Å²) in [5.41, 5.74) is -0.799. The van der Waals surface area contributed by atoms with Gasteiger partial charge in [-0.1, -0.05) is 81.8 Å². The van der Waals surface area contributed by atoms with Crippen molar-refractivity contribution in [2.75, 3.05) is 33.4 Å². The summed E-state index contributed by atoms with van der Waals surface area (Å²) in [4.78, 5) is 60.0. The number of nitrogens with one attached hydrogen (secondary N) is 1. The van der Waals surface area contributed by atoms with Crippen LogP contribution in [0.25, 0.3) is 0 Å². The Morgan fingerprint density at radius 3 is 2.55 bits per heavy atom. The number of carbonyl (C=O) groups is 4. The zero-order valence-corrected chi connectivity index (χ0v) is 27.9. The molecule has 2 fully saturated rings. The van der Waals surface area contributed by atoms with Crippen molar-refractivity contribution in [3.63, 3.8) is 0 Å². The summed E-state index contributed by atoms with van der Waals surface area (Å²) in [5.74, 6) is -3.58. The van der Waals surface area contributed by atoms with Crippen LogP contribution >= 0.6 is 0 Å². The standard InChI is InChI=1S/C36H49N3O8/c1-5-6-18-38-19-12-17-36-30(33(42)39(32(36)34(38)43)25(21-40)20-23(2)3)29-27(47-36)15-10-11-16-28(41)37-26(22-45-4)31(46-35(29)44)24-13-8-7-9-14-24/h7-10,12-15,17,23,25-27,29-32,40H,5-6,11,16,18-22H2,1-4H3,(H,37,41)/b15-10-/t25-,26+,27+,29-,30-,31+,32+,36-/m1/s1. The number of rotatable bonds is 10. The van der Waals surface area contributed by atoms with Gasteiger partial charge in [-0.25, -0.2) is 0 Å². The van der Waals surface area contributed by atoms with Crippen LogP contribution < -0.4 is 5.32 Å². The maximum Gasteiger partial charge on any atom is 0.313 e. The lowest BCUT2D eigenvalue weighted by molar-refractivity contribution is -0.163. The number of likely N-dealkylation sites (tertiary alicyclic amines) is 1. The molecule has 0 aliphatic carbocycles. The highest BCUT2D eigenvalue weighted by Gasteiger charge is 2.72. The highest BCUT2D eigenvalue weighted by atomic mass is 16.6. The number of hydrogen-bond donors (Lipinski definition) is 2. The number of methoxy groups -OCH3 is 1. The Labute approximate surface area is 277 Å². The topological polar surface area (TPSA) is 135 Å². The van der Waals surface area contributed by atoms with Crippen LogP contribution in [0.4, 0.5) is 0 Å². The first-order valence-corrected chi connectivity index (χ1v) is 16.9. The van der Waals surface area contributed by atoms with E-state index in [1.54, 1.807) is 23.1 Å². The van der Waals surface area contributed by atoms with Crippen molar-refractivity contribution in [2.45, 2.75) is 88.8 Å². The van der Waals surface area contributed by atoms with Gasteiger partial charge in [0.05, 0.1) is 37.3 Å². The average molecular weight is 652 g/mol. The van der Waals surface area contributed by atoms with Crippen molar-refractivity contribution < 1.29 is 38.5 Å². The van der Waals surface area contributed by atoms with Gasteiger partial charge >= 0.3 is 5.97 Å². The minimum atomic E-state index is -1.46. The predicted molar refractivity (Wildman–Crippen MR) is 174 cm³/mol. The Morgan fingerprint density at radius 1 is 1.11 bits per heavy atom. The van der Waals surface area contributed by atoms with E-state index in [0.29, 0.717) is 31.5 Å². The van der Waals surface area contributed by atoms with E-state index in [2.05, 4.69) is 12.2 Å². The van der Waals surface area contributed by atoms with Gasteiger partial charge in [-0.05, 0) is 30.7 Å². The molecule has 4 aliphatic rings. The Morgan fingerprint density at radius 2 is 1.87 bits per heavy atom. The van der Waals surface area contributed by atoms with Crippen LogP contribution in [0.1, 0.15) is 64.5 Å². The van der Waals surface area contributed by atoms with Gasteiger partial charge < -0.3 is 34.4 Å². The molecule has 11 heteroatoms. The minimum Gasteiger partial charge on any atom is -0.455 e. The third-order valence-electron chi connectivity index (χ3n) is 9.71. The van der Waals surface area contributed by atoms with Crippen molar-refractivity contribution in [1.82, 2.24) is 15.1 Å². The second kappa shape index (κ2) is 15.1. The molecule has 5 rings (SSSR count). The van der Waals surface area contributed by atoms with Gasteiger partial charge in [0.15, 0.2) is 0 Å². The second-order valence-electron chi connectivity index (χ2n) is 13.5. The monoisotopic (exact) mass is 651 g/mol. The molecular weight excluding hydrogens is 602 g/mol. The highest BCUT2D eigenvalue weighted by Crippen LogP contribution is 2.54. The SMILES string of the molecule is CCCCN1CC=C[C@@]23O[C@H]4/C=C\CCC(=O)N[C@@H](COC)[C@H](c5ccccc5)OC(=O)[C@H]4[C@@H]2C(=O)N([C@@H](CO)CC(C)C)[C@H]3C1=O. The van der Waals surface area contributed by atoms with E-state index in [0.717, 1.165) is 12.8 Å². The van der Waals surface area contributed by atoms with Crippen LogP contribution in [0, 0.1) is 17.8 Å². The molecule has 47 heavy (non-hydrogen) atoms. The molecule has 1 aromatic rings. The number of aliphatic hydroxyl groups is 1. The normalized spacial score (nSPS) is 32.5. The van der Waals surface area contributed by atoms with Crippen molar-refractivity contribution >= 4 is 23.7 Å². The molecule has 256 valence electrons. The van der Waals surface area contributed by atoms with Gasteiger partial charge in [-0.2, -0.15) is 0 Å². The number of ether oxygens (including phenoxy) is 3. The third-order valence-corrected chi connectivity index (χ3v) is 9.71. The molecule has 0 radical (unpaired) electrons. The first-order valence-electron chi connectivity index (χ1n) is 16.9. The van der Waals surface area contributed by atoms with Crippen molar-refractivity contribution in [3.05, 3.63) is 60.2 Å². The maximum atomic E-state index is 14.8. The summed E-state index contributed by atoms with van der Waals surface area (Å²) in [7, 11) is 1.51.